The van der Waals surface area contributed by atoms with E-state index in [1.54, 1.807) is 0 Å². The second kappa shape index (κ2) is 6.75. The van der Waals surface area contributed by atoms with Crippen molar-refractivity contribution in [3.63, 3.8) is 0 Å². The average Bonchev–Trinajstić information content (AvgIpc) is 2.45. The van der Waals surface area contributed by atoms with Gasteiger partial charge >= 0.3 is 0 Å². The summed E-state index contributed by atoms with van der Waals surface area (Å²) < 4.78 is 0. The third kappa shape index (κ3) is 3.85. The Labute approximate surface area is 108 Å². The van der Waals surface area contributed by atoms with Gasteiger partial charge in [0.1, 0.15) is 6.29 Å². The van der Waals surface area contributed by atoms with Gasteiger partial charge in [0.25, 0.3) is 0 Å². The lowest BCUT2D eigenvalue weighted by molar-refractivity contribution is -0.111. The average molecular weight is 238 g/mol. The minimum atomic E-state index is 0.118. The first-order chi connectivity index (χ1) is 8.88. The van der Waals surface area contributed by atoms with Gasteiger partial charge in [-0.05, 0) is 30.4 Å². The molecule has 1 heteroatoms. The van der Waals surface area contributed by atoms with Crippen LogP contribution in [0.2, 0.25) is 0 Å². The van der Waals surface area contributed by atoms with Gasteiger partial charge in [0, 0.05) is 5.92 Å². The molecule has 2 rings (SSSR count). The SMILES string of the molecule is O=CC(CCc1ccccc1)Cc1ccccc1. The third-order valence-corrected chi connectivity index (χ3v) is 3.18. The summed E-state index contributed by atoms with van der Waals surface area (Å²) in [5, 5.41) is 0. The number of aryl methyl sites for hydroxylation is 1. The van der Waals surface area contributed by atoms with Gasteiger partial charge in [-0.3, -0.25) is 0 Å². The molecular formula is C17H18O. The minimum Gasteiger partial charge on any atom is -0.303 e. The first-order valence-corrected chi connectivity index (χ1v) is 6.41. The molecule has 0 amide bonds. The number of hydrogen-bond acceptors (Lipinski definition) is 1. The van der Waals surface area contributed by atoms with Crippen LogP contribution in [-0.2, 0) is 17.6 Å². The fourth-order valence-corrected chi connectivity index (χ4v) is 2.13. The molecule has 0 aliphatic rings. The maximum Gasteiger partial charge on any atom is 0.123 e. The Morgan fingerprint density at radius 3 is 1.94 bits per heavy atom. The maximum absolute atomic E-state index is 11.1. The maximum atomic E-state index is 11.1. The van der Waals surface area contributed by atoms with Crippen molar-refractivity contribution in [1.82, 2.24) is 0 Å². The molecule has 0 saturated carbocycles. The van der Waals surface area contributed by atoms with E-state index in [2.05, 4.69) is 24.3 Å². The van der Waals surface area contributed by atoms with E-state index < -0.39 is 0 Å². The molecule has 0 heterocycles. The van der Waals surface area contributed by atoms with Gasteiger partial charge in [-0.25, -0.2) is 0 Å². The Kier molecular flexibility index (Phi) is 4.71. The van der Waals surface area contributed by atoms with Crippen LogP contribution in [0.15, 0.2) is 60.7 Å². The summed E-state index contributed by atoms with van der Waals surface area (Å²) in [6, 6.07) is 20.6. The van der Waals surface area contributed by atoms with Gasteiger partial charge < -0.3 is 4.79 Å². The second-order valence-corrected chi connectivity index (χ2v) is 4.61. The molecule has 0 aliphatic heterocycles. The zero-order valence-corrected chi connectivity index (χ0v) is 10.5. The quantitative estimate of drug-likeness (QED) is 0.702. The fourth-order valence-electron chi connectivity index (χ4n) is 2.13. The van der Waals surface area contributed by atoms with E-state index in [1.807, 2.05) is 36.4 Å². The van der Waals surface area contributed by atoms with Gasteiger partial charge in [0.05, 0.1) is 0 Å². The Morgan fingerprint density at radius 2 is 1.39 bits per heavy atom. The highest BCUT2D eigenvalue weighted by Gasteiger charge is 2.08. The molecule has 0 spiro atoms. The van der Waals surface area contributed by atoms with Crippen LogP contribution in [0, 0.1) is 5.92 Å². The predicted molar refractivity (Wildman–Crippen MR) is 74.5 cm³/mol. The lowest BCUT2D eigenvalue weighted by atomic mass is 9.94. The highest BCUT2D eigenvalue weighted by Crippen LogP contribution is 2.13. The molecule has 0 N–H and O–H groups in total. The van der Waals surface area contributed by atoms with Crippen LogP contribution in [0.1, 0.15) is 17.5 Å². The molecule has 2 aromatic rings. The molecule has 2 aromatic carbocycles. The van der Waals surface area contributed by atoms with Gasteiger partial charge in [-0.2, -0.15) is 0 Å². The van der Waals surface area contributed by atoms with Gasteiger partial charge in [-0.1, -0.05) is 60.7 Å². The second-order valence-electron chi connectivity index (χ2n) is 4.61. The monoisotopic (exact) mass is 238 g/mol. The first kappa shape index (κ1) is 12.6. The van der Waals surface area contributed by atoms with E-state index in [1.165, 1.54) is 11.1 Å². The molecule has 1 nitrogen and oxygen atoms in total. The van der Waals surface area contributed by atoms with Crippen molar-refractivity contribution < 1.29 is 4.79 Å². The Bertz CT molecular complexity index is 461. The molecule has 1 unspecified atom stereocenters. The fraction of sp³-hybridized carbons (Fsp3) is 0.235. The van der Waals surface area contributed by atoms with E-state index in [9.17, 15) is 4.79 Å². The van der Waals surface area contributed by atoms with Crippen molar-refractivity contribution in [3.05, 3.63) is 71.8 Å². The van der Waals surface area contributed by atoms with Crippen molar-refractivity contribution in [3.8, 4) is 0 Å². The van der Waals surface area contributed by atoms with Crippen molar-refractivity contribution in [2.24, 2.45) is 5.92 Å². The number of carbonyl (C=O) groups excluding carboxylic acids is 1. The molecule has 0 fully saturated rings. The summed E-state index contributed by atoms with van der Waals surface area (Å²) in [7, 11) is 0. The summed E-state index contributed by atoms with van der Waals surface area (Å²) >= 11 is 0. The lowest BCUT2D eigenvalue weighted by Gasteiger charge is -2.10. The normalized spacial score (nSPS) is 12.0. The van der Waals surface area contributed by atoms with Crippen molar-refractivity contribution in [2.75, 3.05) is 0 Å². The van der Waals surface area contributed by atoms with Gasteiger partial charge in [-0.15, -0.1) is 0 Å². The molecule has 18 heavy (non-hydrogen) atoms. The molecule has 0 radical (unpaired) electrons. The van der Waals surface area contributed by atoms with Gasteiger partial charge in [0.2, 0.25) is 0 Å². The molecule has 0 saturated heterocycles. The summed E-state index contributed by atoms with van der Waals surface area (Å²) in [5.74, 6) is 0.118. The van der Waals surface area contributed by atoms with Crippen molar-refractivity contribution in [2.45, 2.75) is 19.3 Å². The van der Waals surface area contributed by atoms with E-state index in [-0.39, 0.29) is 5.92 Å². The largest absolute Gasteiger partial charge is 0.303 e. The van der Waals surface area contributed by atoms with Crippen LogP contribution in [0.3, 0.4) is 0 Å². The van der Waals surface area contributed by atoms with Crippen LogP contribution >= 0.6 is 0 Å². The minimum absolute atomic E-state index is 0.118. The Morgan fingerprint density at radius 1 is 0.833 bits per heavy atom. The summed E-state index contributed by atoms with van der Waals surface area (Å²) in [5.41, 5.74) is 2.54. The molecular weight excluding hydrogens is 220 g/mol. The van der Waals surface area contributed by atoms with E-state index >= 15 is 0 Å². The number of aldehydes is 1. The molecule has 0 aromatic heterocycles. The zero-order chi connectivity index (χ0) is 12.6. The van der Waals surface area contributed by atoms with Crippen LogP contribution in [-0.4, -0.2) is 6.29 Å². The summed E-state index contributed by atoms with van der Waals surface area (Å²) in [4.78, 5) is 11.1. The zero-order valence-electron chi connectivity index (χ0n) is 10.5. The standard InChI is InChI=1S/C17H18O/c18-14-17(13-16-9-5-2-6-10-16)12-11-15-7-3-1-4-8-15/h1-10,14,17H,11-13H2. The number of benzene rings is 2. The Hall–Kier alpha value is -1.89. The van der Waals surface area contributed by atoms with Crippen molar-refractivity contribution in [1.29, 1.82) is 0 Å². The van der Waals surface area contributed by atoms with E-state index in [4.69, 9.17) is 0 Å². The van der Waals surface area contributed by atoms with E-state index in [0.29, 0.717) is 0 Å². The topological polar surface area (TPSA) is 17.1 Å². The molecule has 92 valence electrons. The third-order valence-electron chi connectivity index (χ3n) is 3.18. The number of rotatable bonds is 6. The molecule has 0 aliphatic carbocycles. The van der Waals surface area contributed by atoms with Crippen LogP contribution < -0.4 is 0 Å². The van der Waals surface area contributed by atoms with Crippen molar-refractivity contribution >= 4 is 6.29 Å². The Balaban J connectivity index is 1.88. The van der Waals surface area contributed by atoms with Crippen LogP contribution in [0.4, 0.5) is 0 Å². The number of carbonyl (C=O) groups is 1. The summed E-state index contributed by atoms with van der Waals surface area (Å²) in [6.07, 6.45) is 3.83. The highest BCUT2D eigenvalue weighted by molar-refractivity contribution is 5.54. The van der Waals surface area contributed by atoms with Gasteiger partial charge in [0.15, 0.2) is 0 Å². The number of hydrogen-bond donors (Lipinski definition) is 0. The first-order valence-electron chi connectivity index (χ1n) is 6.41. The lowest BCUT2D eigenvalue weighted by Crippen LogP contribution is -2.07. The van der Waals surface area contributed by atoms with Crippen LogP contribution in [0.5, 0.6) is 0 Å². The summed E-state index contributed by atoms with van der Waals surface area (Å²) in [6.45, 7) is 0. The highest BCUT2D eigenvalue weighted by atomic mass is 16.1. The molecule has 0 bridgehead atoms. The predicted octanol–water partition coefficient (Wildman–Crippen LogP) is 3.68. The van der Waals surface area contributed by atoms with E-state index in [0.717, 1.165) is 25.5 Å². The van der Waals surface area contributed by atoms with Crippen LogP contribution in [0.25, 0.3) is 0 Å². The molecule has 1 atom stereocenters. The smallest absolute Gasteiger partial charge is 0.123 e.